The lowest BCUT2D eigenvalue weighted by atomic mass is 10.2. The van der Waals surface area contributed by atoms with E-state index in [1.165, 1.54) is 6.07 Å². The van der Waals surface area contributed by atoms with Crippen molar-refractivity contribution in [1.82, 2.24) is 9.99 Å². The summed E-state index contributed by atoms with van der Waals surface area (Å²) in [6.07, 6.45) is -0.679. The molecule has 0 fully saturated rings. The van der Waals surface area contributed by atoms with Crippen LogP contribution in [0, 0.1) is 5.92 Å². The molecule has 0 saturated carbocycles. The van der Waals surface area contributed by atoms with E-state index < -0.39 is 16.9 Å². The molecule has 2 heterocycles. The molecule has 0 bridgehead atoms. The van der Waals surface area contributed by atoms with Crippen LogP contribution in [0.1, 0.15) is 12.5 Å². The SMILES string of the molecule is CC1C=CN(Nc2ccc(C(F)(F)F)c(Cl)n2)C1. The Kier molecular flexibility index (Phi) is 3.38. The van der Waals surface area contributed by atoms with Crippen molar-refractivity contribution in [1.29, 1.82) is 0 Å². The van der Waals surface area contributed by atoms with Crippen molar-refractivity contribution in [3.63, 3.8) is 0 Å². The Bertz CT molecular complexity index is 473. The maximum Gasteiger partial charge on any atom is 0.419 e. The molecule has 1 unspecified atom stereocenters. The number of nitrogens with one attached hydrogen (secondary N) is 1. The van der Waals surface area contributed by atoms with E-state index in [4.69, 9.17) is 11.6 Å². The van der Waals surface area contributed by atoms with E-state index >= 15 is 0 Å². The number of rotatable bonds is 2. The van der Waals surface area contributed by atoms with E-state index in [0.29, 0.717) is 5.92 Å². The van der Waals surface area contributed by atoms with E-state index in [0.717, 1.165) is 12.6 Å². The van der Waals surface area contributed by atoms with Crippen molar-refractivity contribution in [3.8, 4) is 0 Å². The van der Waals surface area contributed by atoms with Crippen molar-refractivity contribution >= 4 is 17.4 Å². The molecule has 7 heteroatoms. The lowest BCUT2D eigenvalue weighted by Gasteiger charge is -2.19. The second kappa shape index (κ2) is 4.68. The van der Waals surface area contributed by atoms with Gasteiger partial charge < -0.3 is 0 Å². The predicted octanol–water partition coefficient (Wildman–Crippen LogP) is 3.55. The Morgan fingerprint density at radius 1 is 1.44 bits per heavy atom. The molecule has 98 valence electrons. The van der Waals surface area contributed by atoms with Crippen LogP contribution < -0.4 is 5.43 Å². The van der Waals surface area contributed by atoms with Crippen LogP contribution in [-0.4, -0.2) is 16.5 Å². The number of halogens is 4. The first-order chi connectivity index (χ1) is 8.36. The molecule has 1 atom stereocenters. The molecule has 3 nitrogen and oxygen atoms in total. The first-order valence-electron chi connectivity index (χ1n) is 5.31. The molecule has 1 aliphatic rings. The van der Waals surface area contributed by atoms with Gasteiger partial charge in [-0.2, -0.15) is 13.2 Å². The summed E-state index contributed by atoms with van der Waals surface area (Å²) in [6.45, 7) is 2.77. The molecule has 0 spiro atoms. The largest absolute Gasteiger partial charge is 0.419 e. The topological polar surface area (TPSA) is 28.2 Å². The van der Waals surface area contributed by atoms with E-state index in [2.05, 4.69) is 10.4 Å². The van der Waals surface area contributed by atoms with Crippen LogP contribution in [0.15, 0.2) is 24.4 Å². The second-order valence-corrected chi connectivity index (χ2v) is 4.47. The van der Waals surface area contributed by atoms with Gasteiger partial charge in [-0.1, -0.05) is 24.6 Å². The third-order valence-corrected chi connectivity index (χ3v) is 2.78. The minimum absolute atomic E-state index is 0.284. The van der Waals surface area contributed by atoms with Gasteiger partial charge in [0.05, 0.1) is 5.56 Å². The Morgan fingerprint density at radius 2 is 2.17 bits per heavy atom. The van der Waals surface area contributed by atoms with Gasteiger partial charge in [-0.25, -0.2) is 4.98 Å². The maximum absolute atomic E-state index is 12.5. The van der Waals surface area contributed by atoms with Gasteiger partial charge in [0.1, 0.15) is 11.0 Å². The monoisotopic (exact) mass is 277 g/mol. The van der Waals surface area contributed by atoms with E-state index in [1.54, 1.807) is 5.01 Å². The number of pyridine rings is 1. The first kappa shape index (κ1) is 13.0. The summed E-state index contributed by atoms with van der Waals surface area (Å²) in [7, 11) is 0. The number of nitrogens with zero attached hydrogens (tertiary/aromatic N) is 2. The Balaban J connectivity index is 2.12. The highest BCUT2D eigenvalue weighted by Crippen LogP contribution is 2.34. The van der Waals surface area contributed by atoms with E-state index in [1.807, 2.05) is 19.2 Å². The fourth-order valence-corrected chi connectivity index (χ4v) is 1.88. The molecule has 0 amide bonds. The molecule has 18 heavy (non-hydrogen) atoms. The van der Waals surface area contributed by atoms with E-state index in [-0.39, 0.29) is 5.82 Å². The van der Waals surface area contributed by atoms with Gasteiger partial charge in [0, 0.05) is 12.7 Å². The minimum Gasteiger partial charge on any atom is -0.294 e. The zero-order valence-corrected chi connectivity index (χ0v) is 10.3. The van der Waals surface area contributed by atoms with Crippen LogP contribution in [0.5, 0.6) is 0 Å². The molecule has 0 aromatic carbocycles. The van der Waals surface area contributed by atoms with Gasteiger partial charge in [0.2, 0.25) is 0 Å². The second-order valence-electron chi connectivity index (χ2n) is 4.12. The summed E-state index contributed by atoms with van der Waals surface area (Å²) in [4.78, 5) is 3.69. The van der Waals surface area contributed by atoms with Crippen molar-refractivity contribution in [3.05, 3.63) is 35.1 Å². The number of anilines is 1. The highest BCUT2D eigenvalue weighted by Gasteiger charge is 2.34. The van der Waals surface area contributed by atoms with Crippen molar-refractivity contribution in [2.45, 2.75) is 13.1 Å². The van der Waals surface area contributed by atoms with Gasteiger partial charge in [-0.3, -0.25) is 10.4 Å². The molecule has 1 N–H and O–H groups in total. The summed E-state index contributed by atoms with van der Waals surface area (Å²) >= 11 is 5.52. The van der Waals surface area contributed by atoms with Crippen molar-refractivity contribution < 1.29 is 13.2 Å². The molecular weight excluding hydrogens is 267 g/mol. The van der Waals surface area contributed by atoms with Gasteiger partial charge >= 0.3 is 6.18 Å². The molecule has 1 aliphatic heterocycles. The lowest BCUT2D eigenvalue weighted by Crippen LogP contribution is -2.24. The smallest absolute Gasteiger partial charge is 0.294 e. The van der Waals surface area contributed by atoms with Crippen LogP contribution in [0.2, 0.25) is 5.15 Å². The summed E-state index contributed by atoms with van der Waals surface area (Å²) in [5.74, 6) is 0.675. The summed E-state index contributed by atoms with van der Waals surface area (Å²) in [5.41, 5.74) is 1.94. The molecule has 0 saturated heterocycles. The summed E-state index contributed by atoms with van der Waals surface area (Å²) < 4.78 is 37.4. The number of hydrazine groups is 1. The van der Waals surface area contributed by atoms with Crippen molar-refractivity contribution in [2.24, 2.45) is 5.92 Å². The van der Waals surface area contributed by atoms with Gasteiger partial charge in [-0.05, 0) is 18.1 Å². The third kappa shape index (κ3) is 2.87. The normalized spacial score (nSPS) is 19.4. The average Bonchev–Trinajstić information content (AvgIpc) is 2.62. The van der Waals surface area contributed by atoms with Crippen LogP contribution >= 0.6 is 11.6 Å². The highest BCUT2D eigenvalue weighted by molar-refractivity contribution is 6.30. The van der Waals surface area contributed by atoms with Crippen molar-refractivity contribution in [2.75, 3.05) is 12.0 Å². The number of aromatic nitrogens is 1. The van der Waals surface area contributed by atoms with Crippen LogP contribution in [0.25, 0.3) is 0 Å². The van der Waals surface area contributed by atoms with Gasteiger partial charge in [0.25, 0.3) is 0 Å². The summed E-state index contributed by atoms with van der Waals surface area (Å²) in [6, 6.07) is 2.17. The quantitative estimate of drug-likeness (QED) is 0.838. The maximum atomic E-state index is 12.5. The fraction of sp³-hybridized carbons (Fsp3) is 0.364. The lowest BCUT2D eigenvalue weighted by molar-refractivity contribution is -0.137. The molecule has 0 radical (unpaired) electrons. The zero-order valence-electron chi connectivity index (χ0n) is 9.50. The minimum atomic E-state index is -4.48. The molecular formula is C11H11ClF3N3. The third-order valence-electron chi connectivity index (χ3n) is 2.49. The fourth-order valence-electron chi connectivity index (χ4n) is 1.62. The van der Waals surface area contributed by atoms with Crippen LogP contribution in [0.3, 0.4) is 0 Å². The zero-order chi connectivity index (χ0) is 13.3. The molecule has 0 aliphatic carbocycles. The van der Waals surface area contributed by atoms with Crippen LogP contribution in [0.4, 0.5) is 19.0 Å². The number of hydrogen-bond donors (Lipinski definition) is 1. The predicted molar refractivity (Wildman–Crippen MR) is 62.9 cm³/mol. The highest BCUT2D eigenvalue weighted by atomic mass is 35.5. The molecule has 2 rings (SSSR count). The number of hydrogen-bond acceptors (Lipinski definition) is 3. The van der Waals surface area contributed by atoms with E-state index in [9.17, 15) is 13.2 Å². The standard InChI is InChI=1S/C11H11ClF3N3/c1-7-4-5-18(6-7)17-9-3-2-8(10(12)16-9)11(13,14)15/h2-5,7H,6H2,1H3,(H,16,17). The molecule has 1 aromatic heterocycles. The number of alkyl halides is 3. The van der Waals surface area contributed by atoms with Gasteiger partial charge in [0.15, 0.2) is 0 Å². The summed E-state index contributed by atoms with van der Waals surface area (Å²) in [5, 5.41) is 1.19. The molecule has 1 aromatic rings. The van der Waals surface area contributed by atoms with Gasteiger partial charge in [-0.15, -0.1) is 0 Å². The Morgan fingerprint density at radius 3 is 2.67 bits per heavy atom. The first-order valence-corrected chi connectivity index (χ1v) is 5.69. The Labute approximate surface area is 107 Å². The average molecular weight is 278 g/mol. The Hall–Kier alpha value is -1.43. The van der Waals surface area contributed by atoms with Crippen LogP contribution in [-0.2, 0) is 6.18 Å².